The smallest absolute Gasteiger partial charge is 0.198 e. The minimum atomic E-state index is -3.74. The van der Waals surface area contributed by atoms with Crippen LogP contribution in [0.1, 0.15) is 30.5 Å². The zero-order valence-electron chi connectivity index (χ0n) is 10.5. The average molecular weight is 267 g/mol. The van der Waals surface area contributed by atoms with Crippen LogP contribution in [-0.4, -0.2) is 8.42 Å². The predicted octanol–water partition coefficient (Wildman–Crippen LogP) is 2.47. The van der Waals surface area contributed by atoms with Crippen molar-refractivity contribution in [1.82, 2.24) is 0 Å². The minimum Gasteiger partial charge on any atom is -0.198 e. The number of nitrogens with two attached hydrogens (primary N) is 1. The molecule has 1 rings (SSSR count). The van der Waals surface area contributed by atoms with Crippen LogP contribution in [0.4, 0.5) is 0 Å². The molecule has 0 saturated heterocycles. The van der Waals surface area contributed by atoms with Crippen molar-refractivity contribution in [3.05, 3.63) is 47.0 Å². The number of hydrogen-bond donors (Lipinski definition) is 1. The van der Waals surface area contributed by atoms with Crippen LogP contribution < -0.4 is 5.90 Å². The third-order valence-electron chi connectivity index (χ3n) is 2.41. The Kier molecular flexibility index (Phi) is 5.27. The molecule has 0 spiro atoms. The molecule has 0 heterocycles. The average Bonchev–Trinajstić information content (AvgIpc) is 2.34. The van der Waals surface area contributed by atoms with Gasteiger partial charge < -0.3 is 0 Å². The molecule has 2 N–H and O–H groups in total. The van der Waals surface area contributed by atoms with Gasteiger partial charge >= 0.3 is 0 Å². The first-order valence-corrected chi connectivity index (χ1v) is 7.10. The molecule has 0 aromatic heterocycles. The summed E-state index contributed by atoms with van der Waals surface area (Å²) < 4.78 is 27.0. The molecule has 0 fully saturated rings. The zero-order valence-corrected chi connectivity index (χ0v) is 11.3. The highest BCUT2D eigenvalue weighted by Gasteiger charge is 2.15. The van der Waals surface area contributed by atoms with E-state index in [4.69, 9.17) is 5.90 Å². The summed E-state index contributed by atoms with van der Waals surface area (Å²) in [5, 5.41) is 0. The molecule has 18 heavy (non-hydrogen) atoms. The maximum Gasteiger partial charge on any atom is 0.287 e. The maximum atomic E-state index is 11.5. The molecule has 0 saturated carbocycles. The lowest BCUT2D eigenvalue weighted by molar-refractivity contribution is 0.332. The molecule has 0 aliphatic rings. The fourth-order valence-corrected chi connectivity index (χ4v) is 2.43. The summed E-state index contributed by atoms with van der Waals surface area (Å²) in [6.45, 7) is 3.75. The summed E-state index contributed by atoms with van der Waals surface area (Å²) in [5.74, 6) is 4.53. The van der Waals surface area contributed by atoms with Crippen molar-refractivity contribution in [2.75, 3.05) is 0 Å². The molecule has 0 unspecified atom stereocenters. The van der Waals surface area contributed by atoms with Crippen LogP contribution in [0.25, 0.3) is 12.2 Å². The number of allylic oxidation sites excluding steroid dienone is 2. The summed E-state index contributed by atoms with van der Waals surface area (Å²) in [7, 11) is -3.74. The van der Waals surface area contributed by atoms with Crippen LogP contribution in [-0.2, 0) is 20.2 Å². The number of rotatable bonds is 5. The van der Waals surface area contributed by atoms with E-state index in [2.05, 4.69) is 4.28 Å². The Morgan fingerprint density at radius 1 is 1.17 bits per heavy atom. The van der Waals surface area contributed by atoms with Gasteiger partial charge in [0, 0.05) is 0 Å². The van der Waals surface area contributed by atoms with Crippen LogP contribution in [0.2, 0.25) is 0 Å². The monoisotopic (exact) mass is 267 g/mol. The van der Waals surface area contributed by atoms with Crippen molar-refractivity contribution in [3.63, 3.8) is 0 Å². The molecule has 1 aromatic rings. The first kappa shape index (κ1) is 14.6. The number of hydrogen-bond acceptors (Lipinski definition) is 4. The Hall–Kier alpha value is -1.43. The molecular formula is C13H17NO3S. The highest BCUT2D eigenvalue weighted by Crippen LogP contribution is 2.21. The Morgan fingerprint density at radius 3 is 2.06 bits per heavy atom. The number of benzene rings is 1. The Morgan fingerprint density at radius 2 is 1.67 bits per heavy atom. The van der Waals surface area contributed by atoms with Crippen LogP contribution in [0.5, 0.6) is 0 Å². The predicted molar refractivity (Wildman–Crippen MR) is 73.8 cm³/mol. The quantitative estimate of drug-likeness (QED) is 0.832. The summed E-state index contributed by atoms with van der Waals surface area (Å²) in [5.41, 5.74) is 2.36. The van der Waals surface area contributed by atoms with Gasteiger partial charge in [-0.15, -0.1) is 0 Å². The largest absolute Gasteiger partial charge is 0.287 e. The summed E-state index contributed by atoms with van der Waals surface area (Å²) >= 11 is 0. The van der Waals surface area contributed by atoms with Gasteiger partial charge in [-0.3, -0.25) is 0 Å². The second-order valence-electron chi connectivity index (χ2n) is 3.71. The summed E-state index contributed by atoms with van der Waals surface area (Å²) in [6.07, 6.45) is 7.42. The first-order chi connectivity index (χ1) is 8.54. The molecule has 98 valence electrons. The molecule has 5 heteroatoms. The highest BCUT2D eigenvalue weighted by atomic mass is 32.2. The molecular weight excluding hydrogens is 250 g/mol. The van der Waals surface area contributed by atoms with Gasteiger partial charge in [-0.1, -0.05) is 42.5 Å². The van der Waals surface area contributed by atoms with Crippen LogP contribution in [0.15, 0.2) is 30.4 Å². The van der Waals surface area contributed by atoms with Crippen molar-refractivity contribution in [2.45, 2.75) is 19.6 Å². The van der Waals surface area contributed by atoms with E-state index in [1.165, 1.54) is 0 Å². The van der Waals surface area contributed by atoms with E-state index in [1.54, 1.807) is 0 Å². The van der Waals surface area contributed by atoms with Crippen LogP contribution in [0, 0.1) is 0 Å². The molecule has 0 bridgehead atoms. The van der Waals surface area contributed by atoms with E-state index in [-0.39, 0.29) is 5.75 Å². The van der Waals surface area contributed by atoms with E-state index in [9.17, 15) is 8.42 Å². The van der Waals surface area contributed by atoms with Gasteiger partial charge in [0.25, 0.3) is 10.1 Å². The van der Waals surface area contributed by atoms with Crippen molar-refractivity contribution in [2.24, 2.45) is 5.90 Å². The van der Waals surface area contributed by atoms with Crippen molar-refractivity contribution in [3.8, 4) is 0 Å². The second-order valence-corrected chi connectivity index (χ2v) is 5.31. The van der Waals surface area contributed by atoms with Crippen molar-refractivity contribution in [1.29, 1.82) is 0 Å². The standard InChI is InChI=1S/C13H17NO3S/c1-3-6-11-8-5-9-12(7-4-2)13(11)10-18(15,16)17-14/h3-9H,10,14H2,1-2H3/b6-3-,7-4+. The topological polar surface area (TPSA) is 69.4 Å². The third-order valence-corrected chi connectivity index (χ3v) is 3.34. The lowest BCUT2D eigenvalue weighted by Crippen LogP contribution is -2.14. The van der Waals surface area contributed by atoms with E-state index < -0.39 is 10.1 Å². The Bertz CT molecular complexity index is 529. The van der Waals surface area contributed by atoms with Gasteiger partial charge in [0.15, 0.2) is 0 Å². The zero-order chi connectivity index (χ0) is 13.6. The lowest BCUT2D eigenvalue weighted by Gasteiger charge is -2.09. The van der Waals surface area contributed by atoms with E-state index in [0.29, 0.717) is 5.56 Å². The third kappa shape index (κ3) is 3.80. The lowest BCUT2D eigenvalue weighted by atomic mass is 10.0. The summed E-state index contributed by atoms with van der Waals surface area (Å²) in [6, 6.07) is 5.59. The van der Waals surface area contributed by atoms with Gasteiger partial charge in [0.2, 0.25) is 0 Å². The van der Waals surface area contributed by atoms with Crippen molar-refractivity contribution >= 4 is 22.3 Å². The fraction of sp³-hybridized carbons (Fsp3) is 0.231. The van der Waals surface area contributed by atoms with Gasteiger partial charge in [0.05, 0.1) is 0 Å². The van der Waals surface area contributed by atoms with E-state index in [0.717, 1.165) is 11.1 Å². The molecule has 1 aromatic carbocycles. The van der Waals surface area contributed by atoms with E-state index in [1.807, 2.05) is 56.4 Å². The highest BCUT2D eigenvalue weighted by molar-refractivity contribution is 7.85. The molecule has 0 aliphatic heterocycles. The van der Waals surface area contributed by atoms with Crippen LogP contribution >= 0.6 is 0 Å². The summed E-state index contributed by atoms with van der Waals surface area (Å²) in [4.78, 5) is 0. The van der Waals surface area contributed by atoms with E-state index >= 15 is 0 Å². The Balaban J connectivity index is 3.35. The van der Waals surface area contributed by atoms with Gasteiger partial charge in [-0.05, 0) is 30.5 Å². The van der Waals surface area contributed by atoms with Gasteiger partial charge in [0.1, 0.15) is 5.75 Å². The first-order valence-electron chi connectivity index (χ1n) is 5.52. The molecule has 0 atom stereocenters. The Labute approximate surface area is 108 Å². The fourth-order valence-electron chi connectivity index (χ4n) is 1.67. The van der Waals surface area contributed by atoms with Gasteiger partial charge in [-0.2, -0.15) is 18.6 Å². The molecule has 0 amide bonds. The van der Waals surface area contributed by atoms with Crippen LogP contribution in [0.3, 0.4) is 0 Å². The SMILES string of the molecule is C/C=C\c1cccc(/C=C/C)c1CS(=O)(=O)ON. The molecule has 4 nitrogen and oxygen atoms in total. The molecule has 0 radical (unpaired) electrons. The molecule has 0 aliphatic carbocycles. The maximum absolute atomic E-state index is 11.5. The second kappa shape index (κ2) is 6.49. The van der Waals surface area contributed by atoms with Crippen molar-refractivity contribution < 1.29 is 12.7 Å². The normalized spacial score (nSPS) is 12.6. The van der Waals surface area contributed by atoms with Gasteiger partial charge in [-0.25, -0.2) is 0 Å². The minimum absolute atomic E-state index is 0.246.